The van der Waals surface area contributed by atoms with E-state index in [0.29, 0.717) is 13.0 Å². The molecule has 1 saturated heterocycles. The van der Waals surface area contributed by atoms with Crippen molar-refractivity contribution in [2.75, 3.05) is 18.1 Å². The Morgan fingerprint density at radius 3 is 2.38 bits per heavy atom. The Morgan fingerprint density at radius 2 is 1.86 bits per heavy atom. The summed E-state index contributed by atoms with van der Waals surface area (Å²) >= 11 is 0. The van der Waals surface area contributed by atoms with E-state index in [-0.39, 0.29) is 36.2 Å². The first kappa shape index (κ1) is 16.3. The minimum absolute atomic E-state index is 0.00190. The third-order valence-electron chi connectivity index (χ3n) is 4.64. The molecule has 0 aromatic rings. The van der Waals surface area contributed by atoms with Gasteiger partial charge in [0.2, 0.25) is 5.91 Å². The van der Waals surface area contributed by atoms with Crippen molar-refractivity contribution in [1.29, 1.82) is 0 Å². The Labute approximate surface area is 125 Å². The van der Waals surface area contributed by atoms with Crippen LogP contribution in [-0.4, -0.2) is 43.5 Å². The lowest BCUT2D eigenvalue weighted by Crippen LogP contribution is -2.35. The van der Waals surface area contributed by atoms with Crippen LogP contribution in [0.3, 0.4) is 0 Å². The van der Waals surface area contributed by atoms with Crippen molar-refractivity contribution in [2.24, 2.45) is 11.3 Å². The Bertz CT molecular complexity index is 507. The fourth-order valence-electron chi connectivity index (χ4n) is 3.56. The van der Waals surface area contributed by atoms with E-state index < -0.39 is 21.2 Å². The Kier molecular flexibility index (Phi) is 4.91. The summed E-state index contributed by atoms with van der Waals surface area (Å²) in [5.41, 5.74) is -0.405. The Hall–Kier alpha value is -1.11. The Balaban J connectivity index is 1.81. The predicted octanol–water partition coefficient (Wildman–Crippen LogP) is 0.962. The molecule has 0 spiro atoms. The maximum absolute atomic E-state index is 12.1. The van der Waals surface area contributed by atoms with Crippen LogP contribution in [0.2, 0.25) is 0 Å². The van der Waals surface area contributed by atoms with Crippen molar-refractivity contribution in [3.63, 3.8) is 0 Å². The fraction of sp³-hybridized carbons (Fsp3) is 0.857. The molecule has 6 nitrogen and oxygen atoms in total. The molecule has 0 aromatic heterocycles. The third-order valence-corrected chi connectivity index (χ3v) is 6.48. The highest BCUT2D eigenvalue weighted by Crippen LogP contribution is 2.44. The molecule has 2 fully saturated rings. The van der Waals surface area contributed by atoms with Crippen molar-refractivity contribution >= 4 is 21.7 Å². The first-order chi connectivity index (χ1) is 9.80. The van der Waals surface area contributed by atoms with Crippen LogP contribution in [-0.2, 0) is 19.4 Å². The first-order valence-corrected chi connectivity index (χ1v) is 9.31. The summed E-state index contributed by atoms with van der Waals surface area (Å²) in [6.45, 7) is 0.376. The van der Waals surface area contributed by atoms with Crippen LogP contribution < -0.4 is 5.32 Å². The summed E-state index contributed by atoms with van der Waals surface area (Å²) < 4.78 is 22.7. The van der Waals surface area contributed by atoms with Crippen LogP contribution in [0, 0.1) is 11.3 Å². The van der Waals surface area contributed by atoms with Gasteiger partial charge in [0.25, 0.3) is 0 Å². The molecule has 1 amide bonds. The molecule has 0 aromatic carbocycles. The van der Waals surface area contributed by atoms with E-state index in [0.717, 1.165) is 25.7 Å². The lowest BCUT2D eigenvalue weighted by molar-refractivity contribution is -0.140. The van der Waals surface area contributed by atoms with Crippen LogP contribution in [0.15, 0.2) is 0 Å². The van der Waals surface area contributed by atoms with Gasteiger partial charge in [0.1, 0.15) is 0 Å². The maximum atomic E-state index is 12.1. The zero-order valence-corrected chi connectivity index (χ0v) is 13.0. The van der Waals surface area contributed by atoms with Crippen LogP contribution in [0.25, 0.3) is 0 Å². The highest BCUT2D eigenvalue weighted by molar-refractivity contribution is 7.91. The second-order valence-electron chi connectivity index (χ2n) is 6.53. The van der Waals surface area contributed by atoms with Gasteiger partial charge < -0.3 is 10.4 Å². The minimum atomic E-state index is -2.92. The number of rotatable bonds is 6. The van der Waals surface area contributed by atoms with Gasteiger partial charge in [-0.1, -0.05) is 12.8 Å². The van der Waals surface area contributed by atoms with E-state index in [2.05, 4.69) is 5.32 Å². The average molecular weight is 317 g/mol. The molecule has 2 N–H and O–H groups in total. The van der Waals surface area contributed by atoms with E-state index in [9.17, 15) is 18.0 Å². The summed E-state index contributed by atoms with van der Waals surface area (Å²) in [4.78, 5) is 23.0. The molecule has 1 atom stereocenters. The van der Waals surface area contributed by atoms with Gasteiger partial charge >= 0.3 is 5.97 Å². The Morgan fingerprint density at radius 1 is 1.19 bits per heavy atom. The summed E-state index contributed by atoms with van der Waals surface area (Å²) in [6.07, 6.45) is 4.39. The number of carboxylic acid groups (broad SMARTS) is 1. The van der Waals surface area contributed by atoms with Gasteiger partial charge in [-0.05, 0) is 30.6 Å². The van der Waals surface area contributed by atoms with Gasteiger partial charge in [-0.3, -0.25) is 9.59 Å². The van der Waals surface area contributed by atoms with Crippen molar-refractivity contribution in [3.8, 4) is 0 Å². The standard InChI is InChI=1S/C14H23NO5S/c16-12(15-9-11-3-6-21(19,20)10-11)7-14(8-13(17)18)4-1-2-5-14/h11H,1-10H2,(H,15,16)(H,17,18). The summed E-state index contributed by atoms with van der Waals surface area (Å²) in [7, 11) is -2.92. The topological polar surface area (TPSA) is 101 Å². The second-order valence-corrected chi connectivity index (χ2v) is 8.76. The van der Waals surface area contributed by atoms with Crippen LogP contribution in [0.5, 0.6) is 0 Å². The van der Waals surface area contributed by atoms with Crippen LogP contribution >= 0.6 is 0 Å². The number of carbonyl (C=O) groups is 2. The molecular weight excluding hydrogens is 294 g/mol. The largest absolute Gasteiger partial charge is 0.481 e. The third kappa shape index (κ3) is 4.69. The molecule has 21 heavy (non-hydrogen) atoms. The highest BCUT2D eigenvalue weighted by Gasteiger charge is 2.38. The zero-order valence-electron chi connectivity index (χ0n) is 12.1. The normalized spacial score (nSPS) is 26.6. The lowest BCUT2D eigenvalue weighted by Gasteiger charge is -2.26. The predicted molar refractivity (Wildman–Crippen MR) is 77.5 cm³/mol. The second kappa shape index (κ2) is 6.34. The van der Waals surface area contributed by atoms with E-state index in [1.165, 1.54) is 0 Å². The number of hydrogen-bond donors (Lipinski definition) is 2. The van der Waals surface area contributed by atoms with E-state index in [1.807, 2.05) is 0 Å². The SMILES string of the molecule is O=C(O)CC1(CC(=O)NCC2CCS(=O)(=O)C2)CCCC1. The smallest absolute Gasteiger partial charge is 0.303 e. The van der Waals surface area contributed by atoms with Crippen molar-refractivity contribution in [1.82, 2.24) is 5.32 Å². The number of amides is 1. The van der Waals surface area contributed by atoms with Gasteiger partial charge in [0.05, 0.1) is 17.9 Å². The quantitative estimate of drug-likeness (QED) is 0.760. The van der Waals surface area contributed by atoms with Gasteiger partial charge in [-0.2, -0.15) is 0 Å². The summed E-state index contributed by atoms with van der Waals surface area (Å²) in [5, 5.41) is 11.8. The molecule has 1 unspecified atom stereocenters. The van der Waals surface area contributed by atoms with E-state index in [4.69, 9.17) is 5.11 Å². The molecular formula is C14H23NO5S. The molecule has 1 saturated carbocycles. The monoisotopic (exact) mass is 317 g/mol. The van der Waals surface area contributed by atoms with E-state index in [1.54, 1.807) is 0 Å². The maximum Gasteiger partial charge on any atom is 0.303 e. The minimum Gasteiger partial charge on any atom is -0.481 e. The lowest BCUT2D eigenvalue weighted by atomic mass is 9.79. The molecule has 7 heteroatoms. The molecule has 2 rings (SSSR count). The summed E-state index contributed by atoms with van der Waals surface area (Å²) in [5.74, 6) is -0.656. The van der Waals surface area contributed by atoms with Gasteiger partial charge in [0, 0.05) is 13.0 Å². The number of sulfone groups is 1. The number of hydrogen-bond acceptors (Lipinski definition) is 4. The van der Waals surface area contributed by atoms with Crippen molar-refractivity contribution in [2.45, 2.75) is 44.9 Å². The van der Waals surface area contributed by atoms with E-state index >= 15 is 0 Å². The van der Waals surface area contributed by atoms with Gasteiger partial charge in [-0.25, -0.2) is 8.42 Å². The molecule has 1 aliphatic heterocycles. The molecule has 1 aliphatic carbocycles. The average Bonchev–Trinajstić information content (AvgIpc) is 2.93. The van der Waals surface area contributed by atoms with Crippen LogP contribution in [0.4, 0.5) is 0 Å². The molecule has 0 bridgehead atoms. The van der Waals surface area contributed by atoms with Gasteiger partial charge in [0.15, 0.2) is 9.84 Å². The molecule has 0 radical (unpaired) electrons. The number of carboxylic acids is 1. The highest BCUT2D eigenvalue weighted by atomic mass is 32.2. The van der Waals surface area contributed by atoms with Gasteiger partial charge in [-0.15, -0.1) is 0 Å². The van der Waals surface area contributed by atoms with Crippen molar-refractivity contribution in [3.05, 3.63) is 0 Å². The number of aliphatic carboxylic acids is 1. The summed E-state index contributed by atoms with van der Waals surface area (Å²) in [6, 6.07) is 0. The number of carbonyl (C=O) groups excluding carboxylic acids is 1. The molecule has 1 heterocycles. The molecule has 2 aliphatic rings. The number of nitrogens with one attached hydrogen (secondary N) is 1. The first-order valence-electron chi connectivity index (χ1n) is 7.49. The van der Waals surface area contributed by atoms with Crippen molar-refractivity contribution < 1.29 is 23.1 Å². The molecule has 120 valence electrons. The fourth-order valence-corrected chi connectivity index (χ4v) is 5.42. The zero-order chi connectivity index (χ0) is 15.5. The van der Waals surface area contributed by atoms with Crippen LogP contribution in [0.1, 0.15) is 44.9 Å².